The van der Waals surface area contributed by atoms with Crippen molar-refractivity contribution in [1.82, 2.24) is 0 Å². The van der Waals surface area contributed by atoms with Crippen molar-refractivity contribution in [3.8, 4) is 17.2 Å². The lowest BCUT2D eigenvalue weighted by Gasteiger charge is -2.10. The van der Waals surface area contributed by atoms with Gasteiger partial charge < -0.3 is 19.2 Å². The largest absolute Gasteiger partial charge is 0.486 e. The second-order valence-corrected chi connectivity index (χ2v) is 7.74. The van der Waals surface area contributed by atoms with Crippen molar-refractivity contribution in [2.45, 2.75) is 13.5 Å². The maximum Gasteiger partial charge on any atom is 0.291 e. The van der Waals surface area contributed by atoms with Crippen LogP contribution in [0.5, 0.6) is 17.2 Å². The van der Waals surface area contributed by atoms with Crippen molar-refractivity contribution in [2.75, 3.05) is 5.32 Å². The van der Waals surface area contributed by atoms with Crippen molar-refractivity contribution < 1.29 is 23.6 Å². The van der Waals surface area contributed by atoms with Crippen molar-refractivity contribution in [1.29, 1.82) is 0 Å². The predicted molar refractivity (Wildman–Crippen MR) is 127 cm³/mol. The number of benzene rings is 3. The third kappa shape index (κ3) is 5.73. The summed E-state index contributed by atoms with van der Waals surface area (Å²) in [5.41, 5.74) is 0.833. The van der Waals surface area contributed by atoms with Crippen LogP contribution in [0, 0.1) is 17.0 Å². The molecule has 34 heavy (non-hydrogen) atoms. The van der Waals surface area contributed by atoms with Crippen molar-refractivity contribution in [3.63, 3.8) is 0 Å². The summed E-state index contributed by atoms with van der Waals surface area (Å²) >= 11 is 5.85. The maximum absolute atomic E-state index is 12.7. The molecule has 172 valence electrons. The van der Waals surface area contributed by atoms with Crippen LogP contribution in [0.15, 0.2) is 83.3 Å². The van der Waals surface area contributed by atoms with E-state index in [1.165, 1.54) is 24.3 Å². The van der Waals surface area contributed by atoms with Gasteiger partial charge in [-0.05, 0) is 55.0 Å². The first-order chi connectivity index (χ1) is 16.4. The molecule has 0 saturated carbocycles. The lowest BCUT2D eigenvalue weighted by Crippen LogP contribution is -2.11. The highest BCUT2D eigenvalue weighted by Gasteiger charge is 2.16. The lowest BCUT2D eigenvalue weighted by molar-refractivity contribution is -0.384. The van der Waals surface area contributed by atoms with Gasteiger partial charge in [0.15, 0.2) is 5.76 Å². The molecule has 0 aliphatic heterocycles. The summed E-state index contributed by atoms with van der Waals surface area (Å²) in [7, 11) is 0. The number of rotatable bonds is 8. The number of para-hydroxylation sites is 1. The number of carbonyl (C=O) groups excluding carboxylic acids is 1. The fraction of sp³-hybridized carbons (Fsp3) is 0.0800. The molecule has 8 nitrogen and oxygen atoms in total. The summed E-state index contributed by atoms with van der Waals surface area (Å²) in [6.07, 6.45) is 0. The highest BCUT2D eigenvalue weighted by molar-refractivity contribution is 6.30. The summed E-state index contributed by atoms with van der Waals surface area (Å²) in [4.78, 5) is 23.5. The molecule has 4 aromatic rings. The number of nitro benzene ring substituents is 1. The fourth-order valence-corrected chi connectivity index (χ4v) is 3.20. The minimum Gasteiger partial charge on any atom is -0.486 e. The third-order valence-electron chi connectivity index (χ3n) is 4.76. The Bertz CT molecular complexity index is 1330. The number of aryl methyl sites for hydroxylation is 1. The smallest absolute Gasteiger partial charge is 0.291 e. The Hall–Kier alpha value is -4.30. The van der Waals surface area contributed by atoms with Gasteiger partial charge in [0.05, 0.1) is 16.7 Å². The van der Waals surface area contributed by atoms with Gasteiger partial charge in [-0.1, -0.05) is 29.8 Å². The van der Waals surface area contributed by atoms with Gasteiger partial charge in [-0.3, -0.25) is 14.9 Å². The molecule has 0 unspecified atom stereocenters. The predicted octanol–water partition coefficient (Wildman–Crippen LogP) is 6.77. The molecule has 0 aliphatic carbocycles. The first kappa shape index (κ1) is 22.9. The monoisotopic (exact) mass is 478 g/mol. The Balaban J connectivity index is 1.46. The number of furan rings is 1. The molecule has 3 aromatic carbocycles. The molecular weight excluding hydrogens is 460 g/mol. The fourth-order valence-electron chi connectivity index (χ4n) is 3.07. The zero-order valence-corrected chi connectivity index (χ0v) is 18.7. The Labute approximate surface area is 199 Å². The van der Waals surface area contributed by atoms with E-state index in [4.69, 9.17) is 25.5 Å². The van der Waals surface area contributed by atoms with Crippen LogP contribution in [0.2, 0.25) is 5.02 Å². The summed E-state index contributed by atoms with van der Waals surface area (Å²) in [5, 5.41) is 14.6. The Morgan fingerprint density at radius 1 is 1.03 bits per heavy atom. The van der Waals surface area contributed by atoms with E-state index in [0.29, 0.717) is 22.3 Å². The summed E-state index contributed by atoms with van der Waals surface area (Å²) in [5.74, 6) is 1.27. The molecule has 1 aromatic heterocycles. The van der Waals surface area contributed by atoms with Gasteiger partial charge in [0.1, 0.15) is 29.6 Å². The quantitative estimate of drug-likeness (QED) is 0.221. The van der Waals surface area contributed by atoms with Gasteiger partial charge in [-0.2, -0.15) is 0 Å². The minimum atomic E-state index is -0.569. The summed E-state index contributed by atoms with van der Waals surface area (Å²) in [6, 6.07) is 21.3. The molecular formula is C25H19ClN2O6. The molecule has 4 rings (SSSR count). The SMILES string of the molecule is Cc1ccccc1Oc1cc(NC(=O)c2ccc(COc3ccc(Cl)cc3)o2)cc([N+](=O)[O-])c1. The molecule has 0 aliphatic rings. The molecule has 1 heterocycles. The standard InChI is InChI=1S/C25H19ClN2O6/c1-16-4-2-3-5-23(16)34-22-13-18(12-19(14-22)28(30)31)27-25(29)24-11-10-21(33-24)15-32-20-8-6-17(26)7-9-20/h2-14H,15H2,1H3,(H,27,29). The van der Waals surface area contributed by atoms with Gasteiger partial charge in [0, 0.05) is 17.2 Å². The van der Waals surface area contributed by atoms with Gasteiger partial charge in [-0.15, -0.1) is 0 Å². The van der Waals surface area contributed by atoms with Crippen molar-refractivity contribution in [2.24, 2.45) is 0 Å². The number of anilines is 1. The van der Waals surface area contributed by atoms with E-state index >= 15 is 0 Å². The minimum absolute atomic E-state index is 0.0302. The number of halogens is 1. The molecule has 1 N–H and O–H groups in total. The molecule has 1 amide bonds. The van der Waals surface area contributed by atoms with Crippen LogP contribution in [0.1, 0.15) is 21.9 Å². The number of carbonyl (C=O) groups is 1. The first-order valence-electron chi connectivity index (χ1n) is 10.2. The van der Waals surface area contributed by atoms with E-state index in [2.05, 4.69) is 5.32 Å². The second-order valence-electron chi connectivity index (χ2n) is 7.30. The van der Waals surface area contributed by atoms with E-state index < -0.39 is 10.8 Å². The van der Waals surface area contributed by atoms with Crippen LogP contribution in [0.25, 0.3) is 0 Å². The number of ether oxygens (including phenoxy) is 2. The highest BCUT2D eigenvalue weighted by atomic mass is 35.5. The van der Waals surface area contributed by atoms with E-state index in [-0.39, 0.29) is 29.5 Å². The van der Waals surface area contributed by atoms with Crippen LogP contribution in [0.4, 0.5) is 11.4 Å². The number of amides is 1. The average Bonchev–Trinajstić information content (AvgIpc) is 3.29. The van der Waals surface area contributed by atoms with Crippen LogP contribution in [-0.2, 0) is 6.61 Å². The topological polar surface area (TPSA) is 104 Å². The number of nitrogens with zero attached hydrogens (tertiary/aromatic N) is 1. The van der Waals surface area contributed by atoms with Gasteiger partial charge in [0.2, 0.25) is 0 Å². The number of nitro groups is 1. The normalized spacial score (nSPS) is 10.5. The summed E-state index contributed by atoms with van der Waals surface area (Å²) < 4.78 is 17.0. The van der Waals surface area contributed by atoms with Crippen LogP contribution in [-0.4, -0.2) is 10.8 Å². The Morgan fingerprint density at radius 3 is 2.53 bits per heavy atom. The molecule has 0 fully saturated rings. The van der Waals surface area contributed by atoms with Crippen LogP contribution < -0.4 is 14.8 Å². The van der Waals surface area contributed by atoms with E-state index in [9.17, 15) is 14.9 Å². The lowest BCUT2D eigenvalue weighted by atomic mass is 10.2. The van der Waals surface area contributed by atoms with Crippen molar-refractivity contribution >= 4 is 28.9 Å². The van der Waals surface area contributed by atoms with Gasteiger partial charge in [-0.25, -0.2) is 0 Å². The van der Waals surface area contributed by atoms with Crippen molar-refractivity contribution in [3.05, 3.63) is 111 Å². The molecule has 0 bridgehead atoms. The van der Waals surface area contributed by atoms with E-state index in [1.54, 1.807) is 42.5 Å². The molecule has 0 spiro atoms. The number of non-ortho nitro benzene ring substituents is 1. The molecule has 0 saturated heterocycles. The Kier molecular flexibility index (Phi) is 6.79. The number of nitrogens with one attached hydrogen (secondary N) is 1. The third-order valence-corrected chi connectivity index (χ3v) is 5.01. The zero-order valence-electron chi connectivity index (χ0n) is 18.0. The van der Waals surface area contributed by atoms with Gasteiger partial charge >= 0.3 is 0 Å². The second kappa shape index (κ2) is 10.1. The number of hydrogen-bond acceptors (Lipinski definition) is 6. The first-order valence-corrected chi connectivity index (χ1v) is 10.6. The van der Waals surface area contributed by atoms with E-state index in [1.807, 2.05) is 19.1 Å². The van der Waals surface area contributed by atoms with Crippen LogP contribution in [0.3, 0.4) is 0 Å². The molecule has 9 heteroatoms. The summed E-state index contributed by atoms with van der Waals surface area (Å²) in [6.45, 7) is 1.97. The molecule has 0 radical (unpaired) electrons. The van der Waals surface area contributed by atoms with Gasteiger partial charge in [0.25, 0.3) is 11.6 Å². The van der Waals surface area contributed by atoms with Crippen LogP contribution >= 0.6 is 11.6 Å². The highest BCUT2D eigenvalue weighted by Crippen LogP contribution is 2.31. The number of hydrogen-bond donors (Lipinski definition) is 1. The van der Waals surface area contributed by atoms with E-state index in [0.717, 1.165) is 5.56 Å². The zero-order chi connectivity index (χ0) is 24.1. The molecule has 0 atom stereocenters. The Morgan fingerprint density at radius 2 is 1.79 bits per heavy atom. The maximum atomic E-state index is 12.7. The average molecular weight is 479 g/mol.